The van der Waals surface area contributed by atoms with Crippen LogP contribution in [-0.4, -0.2) is 24.4 Å². The molecule has 1 aromatic rings. The molecule has 0 bridgehead atoms. The molecule has 0 aromatic heterocycles. The normalized spacial score (nSPS) is 20.2. The highest BCUT2D eigenvalue weighted by Gasteiger charge is 2.21. The van der Waals surface area contributed by atoms with Gasteiger partial charge in [-0.1, -0.05) is 24.3 Å². The summed E-state index contributed by atoms with van der Waals surface area (Å²) in [6.07, 6.45) is 2.30. The van der Waals surface area contributed by atoms with E-state index in [0.29, 0.717) is 18.0 Å². The third-order valence-electron chi connectivity index (χ3n) is 4.12. The van der Waals surface area contributed by atoms with Gasteiger partial charge in [0.05, 0.1) is 6.61 Å². The van der Waals surface area contributed by atoms with E-state index in [-0.39, 0.29) is 6.61 Å². The van der Waals surface area contributed by atoms with Gasteiger partial charge in [0.2, 0.25) is 0 Å². The summed E-state index contributed by atoms with van der Waals surface area (Å²) < 4.78 is 5.41. The summed E-state index contributed by atoms with van der Waals surface area (Å²) in [7, 11) is 0. The number of ether oxygens (including phenoxy) is 1. The topological polar surface area (TPSA) is 41.5 Å². The zero-order valence-electron chi connectivity index (χ0n) is 11.9. The summed E-state index contributed by atoms with van der Waals surface area (Å²) in [5.41, 5.74) is 2.22. The smallest absolute Gasteiger partial charge is 0.0681 e. The van der Waals surface area contributed by atoms with Gasteiger partial charge in [0, 0.05) is 25.3 Å². The fraction of sp³-hybridized carbons (Fsp3) is 0.625. The summed E-state index contributed by atoms with van der Waals surface area (Å²) >= 11 is 0. The zero-order chi connectivity index (χ0) is 13.7. The Morgan fingerprint density at radius 2 is 2.05 bits per heavy atom. The van der Waals surface area contributed by atoms with E-state index < -0.39 is 0 Å². The highest BCUT2D eigenvalue weighted by atomic mass is 16.5. The van der Waals surface area contributed by atoms with Crippen LogP contribution >= 0.6 is 0 Å². The third-order valence-corrected chi connectivity index (χ3v) is 4.12. The molecule has 2 N–H and O–H groups in total. The summed E-state index contributed by atoms with van der Waals surface area (Å²) in [6.45, 7) is 6.35. The van der Waals surface area contributed by atoms with Gasteiger partial charge in [0.1, 0.15) is 0 Å². The van der Waals surface area contributed by atoms with E-state index in [1.807, 2.05) is 12.1 Å². The van der Waals surface area contributed by atoms with Crippen LogP contribution in [0.25, 0.3) is 0 Å². The van der Waals surface area contributed by atoms with Crippen LogP contribution in [0.3, 0.4) is 0 Å². The predicted molar refractivity (Wildman–Crippen MR) is 76.9 cm³/mol. The molecule has 2 unspecified atom stereocenters. The second kappa shape index (κ2) is 7.04. The monoisotopic (exact) mass is 263 g/mol. The van der Waals surface area contributed by atoms with Crippen LogP contribution < -0.4 is 5.32 Å². The largest absolute Gasteiger partial charge is 0.392 e. The average Bonchev–Trinajstić information content (AvgIpc) is 2.48. The van der Waals surface area contributed by atoms with Crippen molar-refractivity contribution >= 4 is 0 Å². The Bertz CT molecular complexity index is 388. The van der Waals surface area contributed by atoms with Crippen LogP contribution in [0.15, 0.2) is 24.3 Å². The molecule has 1 saturated heterocycles. The Labute approximate surface area is 116 Å². The first-order chi connectivity index (χ1) is 9.20. The molecule has 2 atom stereocenters. The van der Waals surface area contributed by atoms with Gasteiger partial charge in [-0.05, 0) is 43.7 Å². The molecule has 1 heterocycles. The minimum Gasteiger partial charge on any atom is -0.392 e. The highest BCUT2D eigenvalue weighted by molar-refractivity contribution is 5.25. The molecule has 19 heavy (non-hydrogen) atoms. The van der Waals surface area contributed by atoms with Crippen molar-refractivity contribution in [3.8, 4) is 0 Å². The molecule has 0 radical (unpaired) electrons. The molecule has 0 saturated carbocycles. The lowest BCUT2D eigenvalue weighted by molar-refractivity contribution is 0.0547. The van der Waals surface area contributed by atoms with E-state index in [0.717, 1.165) is 31.6 Å². The summed E-state index contributed by atoms with van der Waals surface area (Å²) in [4.78, 5) is 0. The number of rotatable bonds is 5. The first-order valence-corrected chi connectivity index (χ1v) is 7.24. The molecule has 0 aliphatic carbocycles. The quantitative estimate of drug-likeness (QED) is 0.858. The van der Waals surface area contributed by atoms with Crippen LogP contribution in [0.5, 0.6) is 0 Å². The van der Waals surface area contributed by atoms with Crippen molar-refractivity contribution in [3.05, 3.63) is 35.4 Å². The number of nitrogens with one attached hydrogen (secondary N) is 1. The lowest BCUT2D eigenvalue weighted by Crippen LogP contribution is -2.38. The van der Waals surface area contributed by atoms with Crippen LogP contribution in [0.1, 0.15) is 43.9 Å². The van der Waals surface area contributed by atoms with E-state index in [9.17, 15) is 5.11 Å². The van der Waals surface area contributed by atoms with Gasteiger partial charge in [-0.15, -0.1) is 0 Å². The SMILES string of the molecule is CC(NC(C)C1CCOCC1)c1cccc(CO)c1. The Morgan fingerprint density at radius 3 is 2.74 bits per heavy atom. The molecule has 0 spiro atoms. The summed E-state index contributed by atoms with van der Waals surface area (Å²) in [5.74, 6) is 0.706. The second-order valence-electron chi connectivity index (χ2n) is 5.53. The second-order valence-corrected chi connectivity index (χ2v) is 5.53. The van der Waals surface area contributed by atoms with E-state index in [4.69, 9.17) is 4.74 Å². The van der Waals surface area contributed by atoms with E-state index in [1.165, 1.54) is 5.56 Å². The molecule has 1 aliphatic heterocycles. The van der Waals surface area contributed by atoms with Gasteiger partial charge < -0.3 is 15.2 Å². The van der Waals surface area contributed by atoms with E-state index >= 15 is 0 Å². The van der Waals surface area contributed by atoms with Gasteiger partial charge in [-0.2, -0.15) is 0 Å². The van der Waals surface area contributed by atoms with Gasteiger partial charge in [-0.3, -0.25) is 0 Å². The standard InChI is InChI=1S/C16H25NO2/c1-12(15-6-8-19-9-7-15)17-13(2)16-5-3-4-14(10-16)11-18/h3-5,10,12-13,15,17-18H,6-9,11H2,1-2H3. The molecule has 1 fully saturated rings. The minimum atomic E-state index is 0.107. The van der Waals surface area contributed by atoms with Crippen molar-refractivity contribution in [1.82, 2.24) is 5.32 Å². The molecular weight excluding hydrogens is 238 g/mol. The van der Waals surface area contributed by atoms with Crippen LogP contribution in [0.2, 0.25) is 0 Å². The Morgan fingerprint density at radius 1 is 1.32 bits per heavy atom. The molecule has 3 nitrogen and oxygen atoms in total. The summed E-state index contributed by atoms with van der Waals surface area (Å²) in [5, 5.41) is 12.9. The number of aliphatic hydroxyl groups is 1. The van der Waals surface area contributed by atoms with Crippen molar-refractivity contribution in [1.29, 1.82) is 0 Å². The maximum absolute atomic E-state index is 9.20. The van der Waals surface area contributed by atoms with E-state index in [1.54, 1.807) is 0 Å². The molecule has 0 amide bonds. The lowest BCUT2D eigenvalue weighted by atomic mass is 9.92. The maximum Gasteiger partial charge on any atom is 0.0681 e. The highest BCUT2D eigenvalue weighted by Crippen LogP contribution is 2.22. The van der Waals surface area contributed by atoms with Gasteiger partial charge >= 0.3 is 0 Å². The zero-order valence-corrected chi connectivity index (χ0v) is 11.9. The Kier molecular flexibility index (Phi) is 5.37. The lowest BCUT2D eigenvalue weighted by Gasteiger charge is -2.31. The molecule has 3 heteroatoms. The van der Waals surface area contributed by atoms with E-state index in [2.05, 4.69) is 31.3 Å². The summed E-state index contributed by atoms with van der Waals surface area (Å²) in [6, 6.07) is 8.97. The molecular formula is C16H25NO2. The Hall–Kier alpha value is -0.900. The fourth-order valence-electron chi connectivity index (χ4n) is 2.80. The molecule has 1 aromatic carbocycles. The fourth-order valence-corrected chi connectivity index (χ4v) is 2.80. The van der Waals surface area contributed by atoms with Crippen LogP contribution in [0, 0.1) is 5.92 Å². The van der Waals surface area contributed by atoms with Gasteiger partial charge in [0.25, 0.3) is 0 Å². The van der Waals surface area contributed by atoms with Crippen molar-refractivity contribution in [3.63, 3.8) is 0 Å². The predicted octanol–water partition coefficient (Wildman–Crippen LogP) is 2.64. The number of hydrogen-bond donors (Lipinski definition) is 2. The van der Waals surface area contributed by atoms with Crippen LogP contribution in [-0.2, 0) is 11.3 Å². The molecule has 1 aliphatic rings. The van der Waals surface area contributed by atoms with Crippen LogP contribution in [0.4, 0.5) is 0 Å². The number of aliphatic hydroxyl groups excluding tert-OH is 1. The first-order valence-electron chi connectivity index (χ1n) is 7.24. The third kappa shape index (κ3) is 4.03. The van der Waals surface area contributed by atoms with Gasteiger partial charge in [-0.25, -0.2) is 0 Å². The average molecular weight is 263 g/mol. The molecule has 106 valence electrons. The van der Waals surface area contributed by atoms with Crippen molar-refractivity contribution in [2.24, 2.45) is 5.92 Å². The number of benzene rings is 1. The first kappa shape index (κ1) is 14.5. The maximum atomic E-state index is 9.20. The minimum absolute atomic E-state index is 0.107. The van der Waals surface area contributed by atoms with Crippen molar-refractivity contribution < 1.29 is 9.84 Å². The van der Waals surface area contributed by atoms with Crippen molar-refractivity contribution in [2.75, 3.05) is 13.2 Å². The number of hydrogen-bond acceptors (Lipinski definition) is 3. The Balaban J connectivity index is 1.93. The van der Waals surface area contributed by atoms with Gasteiger partial charge in [0.15, 0.2) is 0 Å². The van der Waals surface area contributed by atoms with Crippen molar-refractivity contribution in [2.45, 2.75) is 45.4 Å². The molecule has 2 rings (SSSR count).